The lowest BCUT2D eigenvalue weighted by molar-refractivity contribution is -0.143. The molecule has 3 aliphatic rings. The second-order valence-electron chi connectivity index (χ2n) is 5.88. The third-order valence-corrected chi connectivity index (χ3v) is 4.72. The van der Waals surface area contributed by atoms with Gasteiger partial charge in [0, 0.05) is 31.2 Å². The maximum Gasteiger partial charge on any atom is 0.310 e. The molecule has 3 rings (SSSR count). The Bertz CT molecular complexity index is 332. The first-order valence-corrected chi connectivity index (χ1v) is 6.93. The van der Waals surface area contributed by atoms with Gasteiger partial charge in [-0.25, -0.2) is 0 Å². The van der Waals surface area contributed by atoms with Gasteiger partial charge in [-0.05, 0) is 26.3 Å². The van der Waals surface area contributed by atoms with Crippen LogP contribution in [0.3, 0.4) is 0 Å². The average Bonchev–Trinajstić information content (AvgIpc) is 2.92. The van der Waals surface area contributed by atoms with Gasteiger partial charge in [-0.3, -0.25) is 14.6 Å². The van der Waals surface area contributed by atoms with E-state index in [1.165, 1.54) is 19.4 Å². The molecule has 18 heavy (non-hydrogen) atoms. The zero-order chi connectivity index (χ0) is 12.7. The van der Waals surface area contributed by atoms with Gasteiger partial charge in [0.1, 0.15) is 0 Å². The first-order valence-electron chi connectivity index (χ1n) is 6.93. The molecule has 0 aromatic carbocycles. The predicted molar refractivity (Wildman–Crippen MR) is 66.5 cm³/mol. The van der Waals surface area contributed by atoms with Crippen molar-refractivity contribution in [1.29, 1.82) is 0 Å². The molecule has 2 saturated heterocycles. The molecule has 0 spiro atoms. The molecule has 3 unspecified atom stereocenters. The van der Waals surface area contributed by atoms with Crippen LogP contribution in [0.4, 0.5) is 0 Å². The Morgan fingerprint density at radius 3 is 2.78 bits per heavy atom. The topological polar surface area (TPSA) is 53.0 Å². The molecule has 0 aromatic rings. The number of hydrogen-bond donors (Lipinski definition) is 1. The fourth-order valence-electron chi connectivity index (χ4n) is 3.32. The smallest absolute Gasteiger partial charge is 0.310 e. The van der Waals surface area contributed by atoms with Crippen LogP contribution < -0.4 is 0 Å². The molecule has 1 N–H and O–H groups in total. The van der Waals surface area contributed by atoms with E-state index >= 15 is 0 Å². The molecule has 2 heterocycles. The highest BCUT2D eigenvalue weighted by Gasteiger charge is 2.42. The quantitative estimate of drug-likeness (QED) is 0.779. The van der Waals surface area contributed by atoms with Crippen molar-refractivity contribution in [3.05, 3.63) is 0 Å². The number of hydrogen-bond acceptors (Lipinski definition) is 4. The van der Waals surface area contributed by atoms with Crippen molar-refractivity contribution < 1.29 is 14.6 Å². The molecule has 0 aromatic heterocycles. The highest BCUT2D eigenvalue weighted by Crippen LogP contribution is 2.32. The van der Waals surface area contributed by atoms with Gasteiger partial charge in [0.05, 0.1) is 19.1 Å². The highest BCUT2D eigenvalue weighted by atomic mass is 16.5. The van der Waals surface area contributed by atoms with Crippen LogP contribution in [-0.4, -0.2) is 72.4 Å². The molecule has 0 bridgehead atoms. The molecule has 5 nitrogen and oxygen atoms in total. The van der Waals surface area contributed by atoms with Crippen molar-refractivity contribution in [3.8, 4) is 0 Å². The van der Waals surface area contributed by atoms with Crippen molar-refractivity contribution >= 4 is 5.97 Å². The van der Waals surface area contributed by atoms with E-state index in [-0.39, 0.29) is 12.0 Å². The zero-order valence-corrected chi connectivity index (χ0v) is 10.9. The second kappa shape index (κ2) is 4.79. The Hall–Kier alpha value is -0.650. The summed E-state index contributed by atoms with van der Waals surface area (Å²) in [6.07, 6.45) is 3.86. The molecular formula is C13H22N2O3. The average molecular weight is 254 g/mol. The standard InChI is InChI=1S/C13H22N2O3/c1-14(12-8-18-7-11(12)13(16)17)10-4-5-15(6-10)9-2-3-9/h9-12H,2-8H2,1H3,(H,16,17). The number of likely N-dealkylation sites (N-methyl/N-ethyl adjacent to an activating group) is 1. The normalized spacial score (nSPS) is 37.6. The largest absolute Gasteiger partial charge is 0.481 e. The Morgan fingerprint density at radius 2 is 2.11 bits per heavy atom. The third kappa shape index (κ3) is 2.27. The summed E-state index contributed by atoms with van der Waals surface area (Å²) in [7, 11) is 2.07. The van der Waals surface area contributed by atoms with E-state index in [2.05, 4.69) is 16.8 Å². The van der Waals surface area contributed by atoms with E-state index in [0.29, 0.717) is 19.3 Å². The van der Waals surface area contributed by atoms with Crippen molar-refractivity contribution in [1.82, 2.24) is 9.80 Å². The van der Waals surface area contributed by atoms with Gasteiger partial charge >= 0.3 is 5.97 Å². The minimum atomic E-state index is -0.721. The summed E-state index contributed by atoms with van der Waals surface area (Å²) in [5.74, 6) is -1.08. The second-order valence-corrected chi connectivity index (χ2v) is 5.88. The van der Waals surface area contributed by atoms with Crippen molar-refractivity contribution in [2.45, 2.75) is 37.4 Å². The maximum absolute atomic E-state index is 11.2. The van der Waals surface area contributed by atoms with E-state index in [0.717, 1.165) is 19.0 Å². The van der Waals surface area contributed by atoms with Crippen LogP contribution in [0, 0.1) is 5.92 Å². The minimum Gasteiger partial charge on any atom is -0.481 e. The number of aliphatic carboxylic acids is 1. The van der Waals surface area contributed by atoms with E-state index in [4.69, 9.17) is 4.74 Å². The predicted octanol–water partition coefficient (Wildman–Crippen LogP) is 0.255. The molecule has 3 atom stereocenters. The van der Waals surface area contributed by atoms with Crippen LogP contribution in [0.2, 0.25) is 0 Å². The summed E-state index contributed by atoms with van der Waals surface area (Å²) in [4.78, 5) is 16.0. The van der Waals surface area contributed by atoms with Gasteiger partial charge in [0.25, 0.3) is 0 Å². The van der Waals surface area contributed by atoms with Gasteiger partial charge in [0.2, 0.25) is 0 Å². The lowest BCUT2D eigenvalue weighted by atomic mass is 10.0. The Labute approximate surface area is 108 Å². The fourth-order valence-corrected chi connectivity index (χ4v) is 3.32. The molecule has 1 saturated carbocycles. The Kier molecular flexibility index (Phi) is 3.30. The van der Waals surface area contributed by atoms with Crippen LogP contribution in [-0.2, 0) is 9.53 Å². The number of ether oxygens (including phenoxy) is 1. The lowest BCUT2D eigenvalue weighted by Crippen LogP contribution is -2.47. The summed E-state index contributed by atoms with van der Waals surface area (Å²) in [6, 6.07) is 1.37. The van der Waals surface area contributed by atoms with Gasteiger partial charge in [-0.1, -0.05) is 0 Å². The molecule has 102 valence electrons. The molecule has 1 aliphatic carbocycles. The van der Waals surface area contributed by atoms with E-state index in [9.17, 15) is 9.90 Å². The Balaban J connectivity index is 1.60. The summed E-state index contributed by atoms with van der Waals surface area (Å²) in [6.45, 7) is 3.20. The molecule has 2 aliphatic heterocycles. The molecule has 0 amide bonds. The van der Waals surface area contributed by atoms with Crippen molar-refractivity contribution in [3.63, 3.8) is 0 Å². The number of carbonyl (C=O) groups is 1. The monoisotopic (exact) mass is 254 g/mol. The van der Waals surface area contributed by atoms with Gasteiger partial charge < -0.3 is 9.84 Å². The van der Waals surface area contributed by atoms with Crippen molar-refractivity contribution in [2.75, 3.05) is 33.4 Å². The molecule has 5 heteroatoms. The first-order chi connectivity index (χ1) is 8.66. The highest BCUT2D eigenvalue weighted by molar-refractivity contribution is 5.71. The number of nitrogens with zero attached hydrogens (tertiary/aromatic N) is 2. The van der Waals surface area contributed by atoms with Crippen LogP contribution in [0.1, 0.15) is 19.3 Å². The van der Waals surface area contributed by atoms with Gasteiger partial charge in [-0.2, -0.15) is 0 Å². The van der Waals surface area contributed by atoms with E-state index in [1.54, 1.807) is 0 Å². The van der Waals surface area contributed by atoms with Crippen LogP contribution in [0.5, 0.6) is 0 Å². The molecular weight excluding hydrogens is 232 g/mol. The number of carboxylic acid groups (broad SMARTS) is 1. The number of carboxylic acids is 1. The summed E-state index contributed by atoms with van der Waals surface area (Å²) in [5, 5.41) is 9.21. The van der Waals surface area contributed by atoms with E-state index < -0.39 is 5.97 Å². The SMILES string of the molecule is CN(C1CCN(C2CC2)C1)C1COCC1C(=O)O. The van der Waals surface area contributed by atoms with E-state index in [1.807, 2.05) is 0 Å². The zero-order valence-electron chi connectivity index (χ0n) is 10.9. The lowest BCUT2D eigenvalue weighted by Gasteiger charge is -2.31. The Morgan fingerprint density at radius 1 is 1.33 bits per heavy atom. The summed E-state index contributed by atoms with van der Waals surface area (Å²) in [5.41, 5.74) is 0. The first kappa shape index (κ1) is 12.4. The van der Waals surface area contributed by atoms with Crippen LogP contribution >= 0.6 is 0 Å². The summed E-state index contributed by atoms with van der Waals surface area (Å²) >= 11 is 0. The number of rotatable bonds is 4. The van der Waals surface area contributed by atoms with Crippen LogP contribution in [0.15, 0.2) is 0 Å². The van der Waals surface area contributed by atoms with Gasteiger partial charge in [0.15, 0.2) is 0 Å². The maximum atomic E-state index is 11.2. The third-order valence-electron chi connectivity index (χ3n) is 4.72. The summed E-state index contributed by atoms with van der Waals surface area (Å²) < 4.78 is 5.36. The molecule has 3 fully saturated rings. The van der Waals surface area contributed by atoms with Gasteiger partial charge in [-0.15, -0.1) is 0 Å². The van der Waals surface area contributed by atoms with Crippen LogP contribution in [0.25, 0.3) is 0 Å². The minimum absolute atomic E-state index is 0.0478. The fraction of sp³-hybridized carbons (Fsp3) is 0.923. The molecule has 0 radical (unpaired) electrons. The number of likely N-dealkylation sites (tertiary alicyclic amines) is 1. The van der Waals surface area contributed by atoms with Crippen molar-refractivity contribution in [2.24, 2.45) is 5.92 Å².